The van der Waals surface area contributed by atoms with E-state index in [0.29, 0.717) is 0 Å². The van der Waals surface area contributed by atoms with Gasteiger partial charge in [-0.25, -0.2) is 0 Å². The molecule has 0 saturated heterocycles. The van der Waals surface area contributed by atoms with Crippen molar-refractivity contribution in [3.8, 4) is 0 Å². The summed E-state index contributed by atoms with van der Waals surface area (Å²) >= 11 is 0. The summed E-state index contributed by atoms with van der Waals surface area (Å²) in [5, 5.41) is 5.77. The average Bonchev–Trinajstić information content (AvgIpc) is 2.50. The SMILES string of the molecule is CNC(c1ncc(C)cc1C)c1cccc2ccncc12. The molecule has 1 aromatic carbocycles. The first kappa shape index (κ1) is 13.7. The minimum Gasteiger partial charge on any atom is -0.308 e. The Morgan fingerprint density at radius 1 is 1.10 bits per heavy atom. The molecule has 0 aliphatic rings. The summed E-state index contributed by atoms with van der Waals surface area (Å²) in [6, 6.07) is 10.6. The van der Waals surface area contributed by atoms with Crippen molar-refractivity contribution in [2.75, 3.05) is 7.05 Å². The zero-order valence-corrected chi connectivity index (χ0v) is 12.6. The Balaban J connectivity index is 2.18. The molecule has 3 aromatic rings. The van der Waals surface area contributed by atoms with Gasteiger partial charge in [0.25, 0.3) is 0 Å². The molecule has 1 unspecified atom stereocenters. The van der Waals surface area contributed by atoms with Crippen LogP contribution in [0.2, 0.25) is 0 Å². The van der Waals surface area contributed by atoms with Gasteiger partial charge in [0, 0.05) is 24.0 Å². The van der Waals surface area contributed by atoms with Gasteiger partial charge in [0.2, 0.25) is 0 Å². The van der Waals surface area contributed by atoms with E-state index in [2.05, 4.69) is 53.4 Å². The van der Waals surface area contributed by atoms with Crippen LogP contribution in [0.25, 0.3) is 10.8 Å². The smallest absolute Gasteiger partial charge is 0.0758 e. The van der Waals surface area contributed by atoms with Gasteiger partial charge in [-0.15, -0.1) is 0 Å². The van der Waals surface area contributed by atoms with Crippen LogP contribution in [0, 0.1) is 13.8 Å². The van der Waals surface area contributed by atoms with Crippen LogP contribution in [0.1, 0.15) is 28.4 Å². The molecule has 0 aliphatic heterocycles. The molecule has 0 spiro atoms. The molecule has 3 heteroatoms. The van der Waals surface area contributed by atoms with Crippen molar-refractivity contribution in [2.45, 2.75) is 19.9 Å². The van der Waals surface area contributed by atoms with Gasteiger partial charge in [-0.05, 0) is 49.0 Å². The lowest BCUT2D eigenvalue weighted by atomic mass is 9.95. The Hall–Kier alpha value is -2.26. The van der Waals surface area contributed by atoms with Gasteiger partial charge < -0.3 is 5.32 Å². The van der Waals surface area contributed by atoms with Crippen molar-refractivity contribution in [1.82, 2.24) is 15.3 Å². The summed E-state index contributed by atoms with van der Waals surface area (Å²) in [5.41, 5.74) is 4.67. The molecule has 1 atom stereocenters. The minimum atomic E-state index is 0.0681. The highest BCUT2D eigenvalue weighted by molar-refractivity contribution is 5.85. The lowest BCUT2D eigenvalue weighted by molar-refractivity contribution is 0.670. The predicted octanol–water partition coefficient (Wildman–Crippen LogP) is 3.56. The van der Waals surface area contributed by atoms with Gasteiger partial charge in [0.05, 0.1) is 11.7 Å². The summed E-state index contributed by atoms with van der Waals surface area (Å²) < 4.78 is 0. The topological polar surface area (TPSA) is 37.8 Å². The lowest BCUT2D eigenvalue weighted by Crippen LogP contribution is -2.20. The van der Waals surface area contributed by atoms with Crippen molar-refractivity contribution >= 4 is 10.8 Å². The molecular formula is C18H19N3. The van der Waals surface area contributed by atoms with E-state index in [0.717, 1.165) is 5.69 Å². The Kier molecular flexibility index (Phi) is 3.67. The largest absolute Gasteiger partial charge is 0.308 e. The van der Waals surface area contributed by atoms with Gasteiger partial charge >= 0.3 is 0 Å². The zero-order valence-electron chi connectivity index (χ0n) is 12.6. The van der Waals surface area contributed by atoms with Crippen molar-refractivity contribution < 1.29 is 0 Å². The van der Waals surface area contributed by atoms with Gasteiger partial charge in [-0.1, -0.05) is 24.3 Å². The van der Waals surface area contributed by atoms with Gasteiger partial charge in [-0.3, -0.25) is 9.97 Å². The van der Waals surface area contributed by atoms with Crippen molar-refractivity contribution in [3.63, 3.8) is 0 Å². The fraction of sp³-hybridized carbons (Fsp3) is 0.222. The van der Waals surface area contributed by atoms with E-state index in [9.17, 15) is 0 Å². The normalized spacial score (nSPS) is 12.5. The standard InChI is InChI=1S/C18H19N3/c1-12-9-13(2)17(21-10-12)18(19-3)15-6-4-5-14-7-8-20-11-16(14)15/h4-11,18-19H,1-3H3. The van der Waals surface area contributed by atoms with Crippen molar-refractivity contribution in [3.05, 3.63) is 71.3 Å². The molecule has 106 valence electrons. The van der Waals surface area contributed by atoms with Crippen molar-refractivity contribution in [2.24, 2.45) is 0 Å². The molecule has 0 bridgehead atoms. The molecule has 2 heterocycles. The van der Waals surface area contributed by atoms with Crippen LogP contribution in [0.5, 0.6) is 0 Å². The summed E-state index contributed by atoms with van der Waals surface area (Å²) in [4.78, 5) is 8.92. The molecule has 21 heavy (non-hydrogen) atoms. The fourth-order valence-electron chi connectivity index (χ4n) is 2.86. The van der Waals surface area contributed by atoms with Gasteiger partial charge in [0.1, 0.15) is 0 Å². The number of benzene rings is 1. The third kappa shape index (κ3) is 2.52. The maximum Gasteiger partial charge on any atom is 0.0758 e. The van der Waals surface area contributed by atoms with E-state index in [1.807, 2.05) is 31.7 Å². The summed E-state index contributed by atoms with van der Waals surface area (Å²) in [5.74, 6) is 0. The van der Waals surface area contributed by atoms with E-state index in [1.165, 1.54) is 27.5 Å². The molecular weight excluding hydrogens is 258 g/mol. The van der Waals surface area contributed by atoms with E-state index in [-0.39, 0.29) is 6.04 Å². The second-order valence-corrected chi connectivity index (χ2v) is 5.38. The number of fused-ring (bicyclic) bond motifs is 1. The van der Waals surface area contributed by atoms with Crippen LogP contribution >= 0.6 is 0 Å². The Morgan fingerprint density at radius 2 is 1.95 bits per heavy atom. The van der Waals surface area contributed by atoms with E-state index >= 15 is 0 Å². The Morgan fingerprint density at radius 3 is 2.71 bits per heavy atom. The maximum absolute atomic E-state index is 4.65. The van der Waals surface area contributed by atoms with E-state index in [4.69, 9.17) is 0 Å². The molecule has 3 rings (SSSR count). The van der Waals surface area contributed by atoms with E-state index in [1.54, 1.807) is 0 Å². The Bertz CT molecular complexity index is 775. The average molecular weight is 277 g/mol. The summed E-state index contributed by atoms with van der Waals surface area (Å²) in [6.07, 6.45) is 5.68. The number of hydrogen-bond acceptors (Lipinski definition) is 3. The number of rotatable bonds is 3. The zero-order chi connectivity index (χ0) is 14.8. The molecule has 0 saturated carbocycles. The highest BCUT2D eigenvalue weighted by Gasteiger charge is 2.18. The van der Waals surface area contributed by atoms with Crippen molar-refractivity contribution in [1.29, 1.82) is 0 Å². The fourth-order valence-corrected chi connectivity index (χ4v) is 2.86. The number of nitrogens with zero attached hydrogens (tertiary/aromatic N) is 2. The van der Waals surface area contributed by atoms with Crippen LogP contribution < -0.4 is 5.32 Å². The van der Waals surface area contributed by atoms with E-state index < -0.39 is 0 Å². The minimum absolute atomic E-state index is 0.0681. The third-order valence-electron chi connectivity index (χ3n) is 3.85. The van der Waals surface area contributed by atoms with Gasteiger partial charge in [0.15, 0.2) is 0 Å². The first-order chi connectivity index (χ1) is 10.2. The Labute approximate surface area is 125 Å². The molecule has 3 nitrogen and oxygen atoms in total. The predicted molar refractivity (Wildman–Crippen MR) is 86.4 cm³/mol. The summed E-state index contributed by atoms with van der Waals surface area (Å²) in [7, 11) is 1.97. The van der Waals surface area contributed by atoms with Crippen LogP contribution in [0.4, 0.5) is 0 Å². The first-order valence-corrected chi connectivity index (χ1v) is 7.13. The van der Waals surface area contributed by atoms with Crippen LogP contribution in [-0.2, 0) is 0 Å². The number of pyridine rings is 2. The third-order valence-corrected chi connectivity index (χ3v) is 3.85. The quantitative estimate of drug-likeness (QED) is 0.795. The maximum atomic E-state index is 4.65. The molecule has 2 aromatic heterocycles. The molecule has 1 N–H and O–H groups in total. The molecule has 0 fully saturated rings. The molecule has 0 amide bonds. The molecule has 0 radical (unpaired) electrons. The monoisotopic (exact) mass is 277 g/mol. The second-order valence-electron chi connectivity index (χ2n) is 5.38. The molecule has 0 aliphatic carbocycles. The van der Waals surface area contributed by atoms with Crippen LogP contribution in [-0.4, -0.2) is 17.0 Å². The summed E-state index contributed by atoms with van der Waals surface area (Å²) in [6.45, 7) is 4.18. The number of nitrogens with one attached hydrogen (secondary N) is 1. The van der Waals surface area contributed by atoms with Crippen LogP contribution in [0.15, 0.2) is 48.9 Å². The highest BCUT2D eigenvalue weighted by atomic mass is 14.9. The second kappa shape index (κ2) is 5.62. The number of aromatic nitrogens is 2. The van der Waals surface area contributed by atoms with Gasteiger partial charge in [-0.2, -0.15) is 0 Å². The lowest BCUT2D eigenvalue weighted by Gasteiger charge is -2.20. The highest BCUT2D eigenvalue weighted by Crippen LogP contribution is 2.29. The van der Waals surface area contributed by atoms with Crippen LogP contribution in [0.3, 0.4) is 0 Å². The number of aryl methyl sites for hydroxylation is 2. The number of hydrogen-bond donors (Lipinski definition) is 1. The first-order valence-electron chi connectivity index (χ1n) is 7.13.